The molecule has 4 atom stereocenters. The maximum atomic E-state index is 13.8. The first-order valence-electron chi connectivity index (χ1n) is 16.6. The number of anilines is 4. The molecule has 2 amide bonds. The molecule has 2 aromatic rings. The second-order valence-corrected chi connectivity index (χ2v) is 17.0. The molecule has 1 aromatic heterocycles. The third-order valence-corrected chi connectivity index (χ3v) is 11.2. The summed E-state index contributed by atoms with van der Waals surface area (Å²) in [5, 5.41) is 3.41. The maximum Gasteiger partial charge on any atom is 0.322 e. The summed E-state index contributed by atoms with van der Waals surface area (Å²) in [5.41, 5.74) is 3.13. The molecule has 0 radical (unpaired) electrons. The lowest BCUT2D eigenvalue weighted by Gasteiger charge is -2.49. The maximum absolute atomic E-state index is 13.8. The van der Waals surface area contributed by atoms with Gasteiger partial charge in [0, 0.05) is 57.4 Å². The number of sulfonamides is 1. The van der Waals surface area contributed by atoms with Crippen molar-refractivity contribution >= 4 is 38.9 Å². The van der Waals surface area contributed by atoms with Crippen LogP contribution in [-0.2, 0) is 10.0 Å². The van der Waals surface area contributed by atoms with Gasteiger partial charge >= 0.3 is 6.03 Å². The van der Waals surface area contributed by atoms with E-state index in [-0.39, 0.29) is 23.0 Å². The normalized spacial score (nSPS) is 27.7. The van der Waals surface area contributed by atoms with Gasteiger partial charge in [-0.15, -0.1) is 0 Å². The Kier molecular flexibility index (Phi) is 8.82. The van der Waals surface area contributed by atoms with E-state index in [1.807, 2.05) is 29.3 Å². The standard InChI is InChI=1S/C34H51N7O3S/c1-33(2,3)39-16-14-38(15-17-39)27-11-13-31(35-23-27)40-18-19-41(30-9-7-6-8-29(30)40)32(42)37-28-12-10-25-20-26(28)22-34(4,21-25)24-36-45(5,43)44/h6-9,11,13,23,25-26,28,36H,10,12,14-22,24H2,1-5H3,(H,37,42)/t25?,26?,28-,34-/m1/s1. The Labute approximate surface area is 269 Å². The highest BCUT2D eigenvalue weighted by molar-refractivity contribution is 7.88. The van der Waals surface area contributed by atoms with Crippen LogP contribution in [0.4, 0.5) is 27.7 Å². The van der Waals surface area contributed by atoms with Gasteiger partial charge in [-0.3, -0.25) is 9.80 Å². The molecule has 0 spiro atoms. The molecule has 2 N–H and O–H groups in total. The van der Waals surface area contributed by atoms with Crippen molar-refractivity contribution in [1.29, 1.82) is 0 Å². The van der Waals surface area contributed by atoms with Crippen LogP contribution in [0, 0.1) is 17.3 Å². The highest BCUT2D eigenvalue weighted by Gasteiger charge is 2.44. The molecular weight excluding hydrogens is 586 g/mol. The summed E-state index contributed by atoms with van der Waals surface area (Å²) < 4.78 is 26.3. The molecule has 2 saturated carbocycles. The van der Waals surface area contributed by atoms with Crippen molar-refractivity contribution in [2.75, 3.05) is 66.8 Å². The van der Waals surface area contributed by atoms with Crippen LogP contribution < -0.4 is 24.7 Å². The molecule has 2 aliphatic heterocycles. The van der Waals surface area contributed by atoms with Crippen LogP contribution in [0.1, 0.15) is 59.8 Å². The van der Waals surface area contributed by atoms with Crippen LogP contribution in [0.5, 0.6) is 0 Å². The van der Waals surface area contributed by atoms with Gasteiger partial charge in [0.2, 0.25) is 10.0 Å². The quantitative estimate of drug-likeness (QED) is 0.469. The molecule has 4 aliphatic rings. The average molecular weight is 638 g/mol. The van der Waals surface area contributed by atoms with E-state index in [1.54, 1.807) is 0 Å². The lowest BCUT2D eigenvalue weighted by molar-refractivity contribution is 0.0516. The summed E-state index contributed by atoms with van der Waals surface area (Å²) in [6, 6.07) is 12.4. The van der Waals surface area contributed by atoms with E-state index >= 15 is 0 Å². The van der Waals surface area contributed by atoms with Crippen molar-refractivity contribution < 1.29 is 13.2 Å². The minimum atomic E-state index is -3.24. The zero-order valence-electron chi connectivity index (χ0n) is 27.6. The second kappa shape index (κ2) is 12.4. The number of piperazine rings is 1. The fourth-order valence-corrected chi connectivity index (χ4v) is 8.84. The number of hydrogen-bond acceptors (Lipinski definition) is 7. The van der Waals surface area contributed by atoms with Crippen LogP contribution in [-0.4, -0.2) is 88.0 Å². The fraction of sp³-hybridized carbons (Fsp3) is 0.647. The van der Waals surface area contributed by atoms with Crippen molar-refractivity contribution in [1.82, 2.24) is 19.9 Å². The number of hydrogen-bond donors (Lipinski definition) is 2. The Morgan fingerprint density at radius 2 is 1.71 bits per heavy atom. The summed E-state index contributed by atoms with van der Waals surface area (Å²) >= 11 is 0. The van der Waals surface area contributed by atoms with Crippen LogP contribution in [0.3, 0.4) is 0 Å². The lowest BCUT2D eigenvalue weighted by Crippen LogP contribution is -2.55. The molecule has 3 fully saturated rings. The van der Waals surface area contributed by atoms with Gasteiger partial charge < -0.3 is 15.1 Å². The molecule has 45 heavy (non-hydrogen) atoms. The van der Waals surface area contributed by atoms with Crippen molar-refractivity contribution in [3.05, 3.63) is 42.6 Å². The topological polar surface area (TPSA) is 101 Å². The fourth-order valence-electron chi connectivity index (χ4n) is 8.23. The van der Waals surface area contributed by atoms with Crippen molar-refractivity contribution in [3.8, 4) is 0 Å². The smallest absolute Gasteiger partial charge is 0.322 e. The van der Waals surface area contributed by atoms with Gasteiger partial charge in [-0.2, -0.15) is 0 Å². The van der Waals surface area contributed by atoms with Crippen LogP contribution >= 0.6 is 0 Å². The lowest BCUT2D eigenvalue weighted by atomic mass is 9.60. The van der Waals surface area contributed by atoms with Gasteiger partial charge in [0.15, 0.2) is 0 Å². The molecule has 11 heteroatoms. The Hall–Kier alpha value is -2.89. The summed E-state index contributed by atoms with van der Waals surface area (Å²) in [7, 11) is -3.24. The van der Waals surface area contributed by atoms with Crippen molar-refractivity contribution in [3.63, 3.8) is 0 Å². The average Bonchev–Trinajstić information content (AvgIpc) is 3.00. The van der Waals surface area contributed by atoms with Gasteiger partial charge in [-0.1, -0.05) is 19.1 Å². The number of benzene rings is 1. The number of rotatable bonds is 6. The number of para-hydroxylation sites is 2. The molecular formula is C34H51N7O3S. The largest absolute Gasteiger partial charge is 0.368 e. The second-order valence-electron chi connectivity index (χ2n) is 15.1. The minimum Gasteiger partial charge on any atom is -0.368 e. The first-order chi connectivity index (χ1) is 21.3. The Balaban J connectivity index is 1.11. The highest BCUT2D eigenvalue weighted by atomic mass is 32.2. The van der Waals surface area contributed by atoms with E-state index in [9.17, 15) is 13.2 Å². The SMILES string of the molecule is CC(C)(C)N1CCN(c2ccc(N3CCN(C(=O)N[C@@H]4CCC5CC4C[C@](C)(CNS(C)(=O)=O)C5)c4ccccc43)nc2)CC1. The van der Waals surface area contributed by atoms with Crippen molar-refractivity contribution in [2.45, 2.75) is 71.4 Å². The number of urea groups is 1. The number of aromatic nitrogens is 1. The summed E-state index contributed by atoms with van der Waals surface area (Å²) in [6.07, 6.45) is 8.29. The van der Waals surface area contributed by atoms with Gasteiger partial charge in [0.1, 0.15) is 5.82 Å². The third-order valence-electron chi connectivity index (χ3n) is 10.6. The number of carbonyl (C=O) groups is 1. The number of fused-ring (bicyclic) bond motifs is 3. The van der Waals surface area contributed by atoms with E-state index in [0.29, 0.717) is 31.5 Å². The highest BCUT2D eigenvalue weighted by Crippen LogP contribution is 2.48. The first-order valence-corrected chi connectivity index (χ1v) is 18.5. The molecule has 2 bridgehead atoms. The number of amides is 2. The predicted molar refractivity (Wildman–Crippen MR) is 182 cm³/mol. The van der Waals surface area contributed by atoms with Crippen LogP contribution in [0.15, 0.2) is 42.6 Å². The van der Waals surface area contributed by atoms with Crippen LogP contribution in [0.25, 0.3) is 0 Å². The monoisotopic (exact) mass is 637 g/mol. The van der Waals surface area contributed by atoms with E-state index in [1.165, 1.54) is 6.26 Å². The first kappa shape index (κ1) is 32.1. The van der Waals surface area contributed by atoms with Gasteiger partial charge in [-0.05, 0) is 94.4 Å². The Morgan fingerprint density at radius 3 is 2.38 bits per heavy atom. The van der Waals surface area contributed by atoms with E-state index in [2.05, 4.69) is 70.6 Å². The number of carbonyl (C=O) groups excluding carboxylic acids is 1. The molecule has 6 rings (SSSR count). The number of nitrogens with zero attached hydrogens (tertiary/aromatic N) is 5. The summed E-state index contributed by atoms with van der Waals surface area (Å²) in [4.78, 5) is 27.8. The molecule has 1 saturated heterocycles. The number of nitrogens with one attached hydrogen (secondary N) is 2. The zero-order chi connectivity index (χ0) is 32.0. The van der Waals surface area contributed by atoms with E-state index < -0.39 is 10.0 Å². The molecule has 1 aromatic carbocycles. The van der Waals surface area contributed by atoms with Gasteiger partial charge in [0.05, 0.1) is 29.5 Å². The van der Waals surface area contributed by atoms with E-state index in [0.717, 1.165) is 81.2 Å². The minimum absolute atomic E-state index is 0.0511. The molecule has 246 valence electrons. The molecule has 2 aliphatic carbocycles. The molecule has 2 unspecified atom stereocenters. The van der Waals surface area contributed by atoms with Crippen molar-refractivity contribution in [2.24, 2.45) is 17.3 Å². The third kappa shape index (κ3) is 7.25. The predicted octanol–water partition coefficient (Wildman–Crippen LogP) is 4.80. The molecule has 10 nitrogen and oxygen atoms in total. The van der Waals surface area contributed by atoms with E-state index in [4.69, 9.17) is 4.98 Å². The molecule has 3 heterocycles. The zero-order valence-corrected chi connectivity index (χ0v) is 28.4. The Bertz CT molecular complexity index is 1470. The Morgan fingerprint density at radius 1 is 0.978 bits per heavy atom. The number of pyridine rings is 1. The summed E-state index contributed by atoms with van der Waals surface area (Å²) in [5.74, 6) is 1.82. The van der Waals surface area contributed by atoms with Crippen LogP contribution in [0.2, 0.25) is 0 Å². The van der Waals surface area contributed by atoms with Gasteiger partial charge in [-0.25, -0.2) is 22.9 Å². The van der Waals surface area contributed by atoms with Gasteiger partial charge in [0.25, 0.3) is 0 Å². The summed E-state index contributed by atoms with van der Waals surface area (Å²) in [6.45, 7) is 14.8.